The Bertz CT molecular complexity index is 578. The predicted octanol–water partition coefficient (Wildman–Crippen LogP) is 3.95. The predicted molar refractivity (Wildman–Crippen MR) is 99.6 cm³/mol. The summed E-state index contributed by atoms with van der Waals surface area (Å²) in [5.41, 5.74) is 1.03. The van der Waals surface area contributed by atoms with E-state index in [9.17, 15) is 9.18 Å². The highest BCUT2D eigenvalue weighted by Crippen LogP contribution is 2.22. The third-order valence-corrected chi connectivity index (χ3v) is 5.37. The molecule has 2 heterocycles. The molecule has 1 aromatic carbocycles. The summed E-state index contributed by atoms with van der Waals surface area (Å²) in [7, 11) is 0. The Morgan fingerprint density at radius 2 is 1.88 bits per heavy atom. The van der Waals surface area contributed by atoms with Crippen molar-refractivity contribution in [2.75, 3.05) is 32.7 Å². The second kappa shape index (κ2) is 9.14. The van der Waals surface area contributed by atoms with Crippen molar-refractivity contribution in [1.29, 1.82) is 0 Å². The molecule has 3 nitrogen and oxygen atoms in total. The Morgan fingerprint density at radius 1 is 1.12 bits per heavy atom. The lowest BCUT2D eigenvalue weighted by Gasteiger charge is -2.32. The van der Waals surface area contributed by atoms with E-state index in [0.29, 0.717) is 18.2 Å². The van der Waals surface area contributed by atoms with Crippen LogP contribution in [0.2, 0.25) is 0 Å². The van der Waals surface area contributed by atoms with Crippen molar-refractivity contribution in [3.63, 3.8) is 0 Å². The molecular formula is C21H29FN2O. The Labute approximate surface area is 150 Å². The number of amides is 1. The van der Waals surface area contributed by atoms with Crippen LogP contribution in [0.1, 0.15) is 44.1 Å². The summed E-state index contributed by atoms with van der Waals surface area (Å²) in [4.78, 5) is 16.7. The van der Waals surface area contributed by atoms with Crippen molar-refractivity contribution in [2.45, 2.75) is 38.5 Å². The summed E-state index contributed by atoms with van der Waals surface area (Å²) >= 11 is 0. The summed E-state index contributed by atoms with van der Waals surface area (Å²) in [5, 5.41) is 0. The molecule has 3 rings (SSSR count). The number of piperidine rings is 1. The van der Waals surface area contributed by atoms with Crippen molar-refractivity contribution >= 4 is 12.0 Å². The van der Waals surface area contributed by atoms with E-state index in [2.05, 4.69) is 17.1 Å². The van der Waals surface area contributed by atoms with Crippen molar-refractivity contribution in [2.24, 2.45) is 5.92 Å². The van der Waals surface area contributed by atoms with E-state index in [-0.39, 0.29) is 5.82 Å². The lowest BCUT2D eigenvalue weighted by Crippen LogP contribution is -2.36. The number of halogens is 1. The zero-order valence-corrected chi connectivity index (χ0v) is 15.0. The van der Waals surface area contributed by atoms with E-state index in [1.165, 1.54) is 37.8 Å². The Hall–Kier alpha value is -1.68. The number of nitrogens with zero attached hydrogens (tertiary/aromatic N) is 2. The fourth-order valence-electron chi connectivity index (χ4n) is 3.92. The average molecular weight is 344 g/mol. The van der Waals surface area contributed by atoms with Crippen LogP contribution in [0.4, 0.5) is 4.39 Å². The molecule has 0 spiro atoms. The third-order valence-electron chi connectivity index (χ3n) is 5.37. The molecule has 1 aromatic rings. The van der Waals surface area contributed by atoms with Crippen molar-refractivity contribution in [3.05, 3.63) is 41.7 Å². The van der Waals surface area contributed by atoms with Crippen LogP contribution in [-0.4, -0.2) is 48.4 Å². The quantitative estimate of drug-likeness (QED) is 0.780. The maximum Gasteiger partial charge on any atom is 0.222 e. The maximum absolute atomic E-state index is 12.9. The average Bonchev–Trinajstić information content (AvgIpc) is 3.17. The highest BCUT2D eigenvalue weighted by molar-refractivity contribution is 5.76. The van der Waals surface area contributed by atoms with E-state index in [1.807, 2.05) is 4.90 Å². The normalized spacial score (nSPS) is 22.0. The Morgan fingerprint density at radius 3 is 2.64 bits per heavy atom. The van der Waals surface area contributed by atoms with Crippen LogP contribution in [0, 0.1) is 11.7 Å². The van der Waals surface area contributed by atoms with Crippen molar-refractivity contribution in [3.8, 4) is 0 Å². The summed E-state index contributed by atoms with van der Waals surface area (Å²) in [6.07, 6.45) is 10.7. The molecule has 0 aliphatic carbocycles. The standard InChI is InChI=1S/C21H29FN2O/c22-20-10-7-18(8-11-20)5-3-13-23-14-4-6-19(17-23)9-12-21(25)24-15-1-2-16-24/h3,5,7-8,10-11,19H,1-2,4,6,9,12-17H2/b5-3+/t19-/m0/s1. The fraction of sp³-hybridized carbons (Fsp3) is 0.571. The first kappa shape index (κ1) is 18.1. The smallest absolute Gasteiger partial charge is 0.222 e. The summed E-state index contributed by atoms with van der Waals surface area (Å²) < 4.78 is 12.9. The highest BCUT2D eigenvalue weighted by atomic mass is 19.1. The minimum atomic E-state index is -0.195. The Balaban J connectivity index is 1.40. The molecular weight excluding hydrogens is 315 g/mol. The molecule has 4 heteroatoms. The monoisotopic (exact) mass is 344 g/mol. The maximum atomic E-state index is 12.9. The molecule has 0 aromatic heterocycles. The largest absolute Gasteiger partial charge is 0.343 e. The van der Waals surface area contributed by atoms with Gasteiger partial charge in [-0.05, 0) is 62.3 Å². The third kappa shape index (κ3) is 5.67. The van der Waals surface area contributed by atoms with Crippen LogP contribution >= 0.6 is 0 Å². The van der Waals surface area contributed by atoms with Gasteiger partial charge in [-0.15, -0.1) is 0 Å². The number of rotatable bonds is 6. The van der Waals surface area contributed by atoms with Gasteiger partial charge in [-0.1, -0.05) is 24.3 Å². The van der Waals surface area contributed by atoms with Crippen LogP contribution in [0.5, 0.6) is 0 Å². The van der Waals surface area contributed by atoms with Gasteiger partial charge in [0, 0.05) is 32.6 Å². The summed E-state index contributed by atoms with van der Waals surface area (Å²) in [6, 6.07) is 6.59. The van der Waals surface area contributed by atoms with E-state index in [0.717, 1.165) is 44.7 Å². The number of hydrogen-bond donors (Lipinski definition) is 0. The van der Waals surface area contributed by atoms with Gasteiger partial charge in [-0.2, -0.15) is 0 Å². The molecule has 136 valence electrons. The van der Waals surface area contributed by atoms with Gasteiger partial charge in [0.1, 0.15) is 5.82 Å². The molecule has 0 N–H and O–H groups in total. The van der Waals surface area contributed by atoms with Gasteiger partial charge in [0.05, 0.1) is 0 Å². The van der Waals surface area contributed by atoms with Crippen LogP contribution in [0.3, 0.4) is 0 Å². The van der Waals surface area contributed by atoms with Crippen molar-refractivity contribution < 1.29 is 9.18 Å². The van der Waals surface area contributed by atoms with Gasteiger partial charge in [-0.3, -0.25) is 9.69 Å². The molecule has 0 unspecified atom stereocenters. The van der Waals surface area contributed by atoms with E-state index in [1.54, 1.807) is 12.1 Å². The second-order valence-electron chi connectivity index (χ2n) is 7.35. The zero-order chi connectivity index (χ0) is 17.5. The first-order valence-electron chi connectivity index (χ1n) is 9.63. The number of likely N-dealkylation sites (tertiary alicyclic amines) is 2. The highest BCUT2D eigenvalue weighted by Gasteiger charge is 2.22. The Kier molecular flexibility index (Phi) is 6.62. The molecule has 25 heavy (non-hydrogen) atoms. The van der Waals surface area contributed by atoms with Gasteiger partial charge in [0.15, 0.2) is 0 Å². The number of carbonyl (C=O) groups is 1. The van der Waals surface area contributed by atoms with Crippen LogP contribution < -0.4 is 0 Å². The molecule has 2 fully saturated rings. The van der Waals surface area contributed by atoms with Gasteiger partial charge in [0.25, 0.3) is 0 Å². The van der Waals surface area contributed by atoms with Crippen molar-refractivity contribution in [1.82, 2.24) is 9.80 Å². The molecule has 0 saturated carbocycles. The number of hydrogen-bond acceptors (Lipinski definition) is 2. The number of benzene rings is 1. The van der Waals surface area contributed by atoms with E-state index >= 15 is 0 Å². The zero-order valence-electron chi connectivity index (χ0n) is 15.0. The van der Waals surface area contributed by atoms with E-state index in [4.69, 9.17) is 0 Å². The molecule has 2 aliphatic rings. The molecule has 1 atom stereocenters. The lowest BCUT2D eigenvalue weighted by atomic mass is 9.93. The van der Waals surface area contributed by atoms with Crippen LogP contribution in [0.25, 0.3) is 6.08 Å². The molecule has 0 radical (unpaired) electrons. The van der Waals surface area contributed by atoms with Gasteiger partial charge < -0.3 is 4.90 Å². The molecule has 0 bridgehead atoms. The minimum absolute atomic E-state index is 0.195. The van der Waals surface area contributed by atoms with Gasteiger partial charge in [-0.25, -0.2) is 4.39 Å². The van der Waals surface area contributed by atoms with Crippen LogP contribution in [-0.2, 0) is 4.79 Å². The topological polar surface area (TPSA) is 23.6 Å². The SMILES string of the molecule is O=C(CC[C@@H]1CCCN(C/C=C/c2ccc(F)cc2)C1)N1CCCC1. The van der Waals surface area contributed by atoms with E-state index < -0.39 is 0 Å². The summed E-state index contributed by atoms with van der Waals surface area (Å²) in [5.74, 6) is 0.796. The van der Waals surface area contributed by atoms with Gasteiger partial charge >= 0.3 is 0 Å². The summed E-state index contributed by atoms with van der Waals surface area (Å²) in [6.45, 7) is 5.06. The lowest BCUT2D eigenvalue weighted by molar-refractivity contribution is -0.130. The number of carbonyl (C=O) groups excluding carboxylic acids is 1. The molecule has 1 amide bonds. The van der Waals surface area contributed by atoms with Crippen LogP contribution in [0.15, 0.2) is 30.3 Å². The second-order valence-corrected chi connectivity index (χ2v) is 7.35. The first-order chi connectivity index (χ1) is 12.2. The molecule has 2 aliphatic heterocycles. The first-order valence-corrected chi connectivity index (χ1v) is 9.63. The molecule has 2 saturated heterocycles. The van der Waals surface area contributed by atoms with Gasteiger partial charge in [0.2, 0.25) is 5.91 Å². The fourth-order valence-corrected chi connectivity index (χ4v) is 3.92. The minimum Gasteiger partial charge on any atom is -0.343 e.